The average Bonchev–Trinajstić information content (AvgIpc) is 2.89. The topological polar surface area (TPSA) is 80.4 Å². The molecule has 8 heteroatoms. The van der Waals surface area contributed by atoms with E-state index >= 15 is 0 Å². The lowest BCUT2D eigenvalue weighted by Crippen LogP contribution is -2.61. The van der Waals surface area contributed by atoms with E-state index in [0.717, 1.165) is 10.5 Å². The summed E-state index contributed by atoms with van der Waals surface area (Å²) in [6.45, 7) is 0. The van der Waals surface area contributed by atoms with Crippen LogP contribution in [0.1, 0.15) is 5.56 Å². The van der Waals surface area contributed by atoms with Crippen molar-refractivity contribution in [3.05, 3.63) is 35.9 Å². The molecule has 118 valence electrons. The summed E-state index contributed by atoms with van der Waals surface area (Å²) in [5.41, 5.74) is 3.76. The molecule has 0 aromatic heterocycles. The molecule has 8 nitrogen and oxygen atoms in total. The van der Waals surface area contributed by atoms with E-state index in [4.69, 9.17) is 0 Å². The first-order valence-electron chi connectivity index (χ1n) is 7.08. The van der Waals surface area contributed by atoms with E-state index in [1.165, 1.54) is 11.9 Å². The van der Waals surface area contributed by atoms with Gasteiger partial charge < -0.3 is 0 Å². The summed E-state index contributed by atoms with van der Waals surface area (Å²) in [5.74, 6) is 0.511. The van der Waals surface area contributed by atoms with Gasteiger partial charge in [-0.15, -0.1) is 5.10 Å². The van der Waals surface area contributed by atoms with Crippen LogP contribution in [0.4, 0.5) is 4.79 Å². The smallest absolute Gasteiger partial charge is 0.270 e. The summed E-state index contributed by atoms with van der Waals surface area (Å²) in [4.78, 5) is 31.1. The number of aliphatic imine (C=N–C) groups is 1. The van der Waals surface area contributed by atoms with Crippen LogP contribution in [0, 0.1) is 0 Å². The Morgan fingerprint density at radius 1 is 1.22 bits per heavy atom. The monoisotopic (exact) mass is 313 g/mol. The number of nitrogens with zero attached hydrogens (tertiary/aromatic N) is 5. The number of carbonyl (C=O) groups excluding carboxylic acids is 2. The molecule has 1 aromatic rings. The van der Waals surface area contributed by atoms with Crippen LogP contribution in [0.2, 0.25) is 0 Å². The van der Waals surface area contributed by atoms with Crippen molar-refractivity contribution in [2.75, 3.05) is 21.1 Å². The molecule has 1 aromatic carbocycles. The average molecular weight is 313 g/mol. The maximum atomic E-state index is 12.3. The number of imide groups is 1. The van der Waals surface area contributed by atoms with Gasteiger partial charge in [-0.05, 0) is 5.56 Å². The van der Waals surface area contributed by atoms with Crippen LogP contribution in [0.25, 0.3) is 0 Å². The Bertz CT molecular complexity index is 752. The molecule has 0 aliphatic carbocycles. The van der Waals surface area contributed by atoms with Gasteiger partial charge in [0.15, 0.2) is 0 Å². The van der Waals surface area contributed by atoms with Gasteiger partial charge in [0.05, 0.1) is 13.3 Å². The molecule has 0 spiro atoms. The van der Waals surface area contributed by atoms with Crippen LogP contribution in [0.15, 0.2) is 40.4 Å². The lowest BCUT2D eigenvalue weighted by Gasteiger charge is -2.31. The number of amidine groups is 1. The minimum atomic E-state index is -0.614. The Labute approximate surface area is 133 Å². The highest BCUT2D eigenvalue weighted by molar-refractivity contribution is 6.22. The van der Waals surface area contributed by atoms with Crippen LogP contribution in [0.5, 0.6) is 0 Å². The van der Waals surface area contributed by atoms with Gasteiger partial charge in [0.2, 0.25) is 11.9 Å². The molecule has 1 N–H and O–H groups in total. The van der Waals surface area contributed by atoms with Gasteiger partial charge in [-0.3, -0.25) is 14.6 Å². The molecular weight excluding hydrogens is 296 g/mol. The van der Waals surface area contributed by atoms with E-state index in [1.807, 2.05) is 30.3 Å². The fourth-order valence-corrected chi connectivity index (χ4v) is 2.49. The summed E-state index contributed by atoms with van der Waals surface area (Å²) in [7, 11) is 4.79. The Kier molecular flexibility index (Phi) is 3.65. The van der Waals surface area contributed by atoms with E-state index in [9.17, 15) is 9.59 Å². The summed E-state index contributed by atoms with van der Waals surface area (Å²) in [6.07, 6.45) is 1.66. The number of guanidine groups is 1. The van der Waals surface area contributed by atoms with Crippen molar-refractivity contribution >= 4 is 29.9 Å². The van der Waals surface area contributed by atoms with Crippen molar-refractivity contribution in [3.8, 4) is 0 Å². The van der Waals surface area contributed by atoms with Crippen molar-refractivity contribution in [2.24, 2.45) is 10.1 Å². The molecule has 2 aliphatic rings. The molecule has 0 radical (unpaired) electrons. The van der Waals surface area contributed by atoms with Crippen molar-refractivity contribution in [1.29, 1.82) is 0 Å². The van der Waals surface area contributed by atoms with Crippen LogP contribution < -0.4 is 5.43 Å². The Balaban J connectivity index is 1.82. The van der Waals surface area contributed by atoms with Gasteiger partial charge in [0.1, 0.15) is 0 Å². The summed E-state index contributed by atoms with van der Waals surface area (Å²) in [5, 5.41) is 4.13. The van der Waals surface area contributed by atoms with E-state index in [-0.39, 0.29) is 5.91 Å². The van der Waals surface area contributed by atoms with Crippen molar-refractivity contribution in [1.82, 2.24) is 15.2 Å². The molecule has 1 fully saturated rings. The van der Waals surface area contributed by atoms with Crippen molar-refractivity contribution in [3.63, 3.8) is 0 Å². The zero-order valence-corrected chi connectivity index (χ0v) is 13.1. The zero-order chi connectivity index (χ0) is 16.6. The van der Waals surface area contributed by atoms with Gasteiger partial charge in [-0.2, -0.15) is 5.43 Å². The van der Waals surface area contributed by atoms with Gasteiger partial charge in [-0.25, -0.2) is 9.37 Å². The molecule has 1 unspecified atom stereocenters. The Morgan fingerprint density at radius 3 is 2.61 bits per heavy atom. The Hall–Kier alpha value is -3.03. The van der Waals surface area contributed by atoms with Crippen LogP contribution in [-0.4, -0.2) is 71.5 Å². The van der Waals surface area contributed by atoms with Gasteiger partial charge in [0.25, 0.3) is 5.91 Å². The molecule has 1 atom stereocenters. The van der Waals surface area contributed by atoms with Crippen LogP contribution >= 0.6 is 0 Å². The first-order valence-corrected chi connectivity index (χ1v) is 7.08. The largest absolute Gasteiger partial charge is 0.413 e. The highest BCUT2D eigenvalue weighted by atomic mass is 16.2. The first kappa shape index (κ1) is 14.9. The number of likely N-dealkylation sites (N-methyl/N-ethyl adjacent to an activating group) is 3. The molecule has 0 bridgehead atoms. The maximum Gasteiger partial charge on any atom is 0.413 e. The molecule has 2 heterocycles. The van der Waals surface area contributed by atoms with Crippen molar-refractivity contribution < 1.29 is 14.2 Å². The third-order valence-electron chi connectivity index (χ3n) is 3.85. The molecule has 0 saturated carbocycles. The second kappa shape index (κ2) is 5.64. The normalized spacial score (nSPS) is 21.2. The summed E-state index contributed by atoms with van der Waals surface area (Å²) < 4.78 is 1.67. The number of benzene rings is 1. The number of rotatable bonds is 2. The highest BCUT2D eigenvalue weighted by Gasteiger charge is 2.50. The second-order valence-corrected chi connectivity index (χ2v) is 5.33. The highest BCUT2D eigenvalue weighted by Crippen LogP contribution is 2.16. The molecule has 2 aliphatic heterocycles. The fraction of sp³-hybridized carbons (Fsp3) is 0.267. The Morgan fingerprint density at radius 2 is 1.91 bits per heavy atom. The summed E-state index contributed by atoms with van der Waals surface area (Å²) >= 11 is 0. The third-order valence-corrected chi connectivity index (χ3v) is 3.85. The van der Waals surface area contributed by atoms with Gasteiger partial charge >= 0.3 is 12.0 Å². The van der Waals surface area contributed by atoms with Crippen LogP contribution in [0.3, 0.4) is 0 Å². The lowest BCUT2D eigenvalue weighted by molar-refractivity contribution is -0.507. The predicted octanol–water partition coefficient (Wildman–Crippen LogP) is -0.0871. The molecule has 3 rings (SSSR count). The SMILES string of the molecule is CN1C(=O)C2C(=NC(N/N=C/c3ccccc3)=[N+]2C)N(C)C1=O. The van der Waals surface area contributed by atoms with E-state index in [0.29, 0.717) is 11.8 Å². The van der Waals surface area contributed by atoms with E-state index < -0.39 is 12.1 Å². The summed E-state index contributed by atoms with van der Waals surface area (Å²) in [6, 6.07) is 8.59. The molecule has 3 amide bonds. The van der Waals surface area contributed by atoms with E-state index in [2.05, 4.69) is 15.5 Å². The lowest BCUT2D eigenvalue weighted by atomic mass is 10.2. The number of hydrogen-bond donors (Lipinski definition) is 1. The number of carbonyl (C=O) groups is 2. The minimum absolute atomic E-state index is 0.307. The number of urea groups is 1. The number of amides is 3. The minimum Gasteiger partial charge on any atom is -0.270 e. The fourth-order valence-electron chi connectivity index (χ4n) is 2.49. The third kappa shape index (κ3) is 2.48. The number of hydrazone groups is 1. The zero-order valence-electron chi connectivity index (χ0n) is 13.1. The molecular formula is C15H17N6O2+. The van der Waals surface area contributed by atoms with Gasteiger partial charge in [0, 0.05) is 14.1 Å². The predicted molar refractivity (Wildman–Crippen MR) is 85.5 cm³/mol. The number of fused-ring (bicyclic) bond motifs is 1. The molecule has 23 heavy (non-hydrogen) atoms. The molecule has 1 saturated heterocycles. The second-order valence-electron chi connectivity index (χ2n) is 5.33. The van der Waals surface area contributed by atoms with E-state index in [1.54, 1.807) is 24.9 Å². The maximum absolute atomic E-state index is 12.3. The standard InChI is InChI=1S/C15H16N6O2/c1-19-11-12(20(2)15(23)21(3)13(11)22)17-14(19)18-16-9-10-7-5-4-6-8-10/h4-9,11H,1-3H3/p+1/b16-9+. The number of hydrogen-bond acceptors (Lipinski definition) is 5. The first-order chi connectivity index (χ1) is 11.0. The van der Waals surface area contributed by atoms with Crippen molar-refractivity contribution in [2.45, 2.75) is 6.04 Å². The quantitative estimate of drug-likeness (QED) is 0.471. The van der Waals surface area contributed by atoms with Gasteiger partial charge in [-0.1, -0.05) is 35.3 Å². The van der Waals surface area contributed by atoms with Crippen LogP contribution in [-0.2, 0) is 4.79 Å². The number of nitrogens with one attached hydrogen (secondary N) is 1.